The van der Waals surface area contributed by atoms with E-state index < -0.39 is 0 Å². The van der Waals surface area contributed by atoms with Crippen LogP contribution in [0.25, 0.3) is 11.1 Å². The van der Waals surface area contributed by atoms with E-state index in [1.807, 2.05) is 0 Å². The number of rotatable bonds is 9. The molecule has 5 rings (SSSR count). The Kier molecular flexibility index (Phi) is 8.93. The third-order valence-electron chi connectivity index (χ3n) is 7.88. The molecule has 2 atom stereocenters. The van der Waals surface area contributed by atoms with Crippen molar-refractivity contribution in [2.24, 2.45) is 22.6 Å². The predicted octanol–water partition coefficient (Wildman–Crippen LogP) is 8.51. The topological polar surface area (TPSA) is 38.4 Å². The lowest BCUT2D eigenvalue weighted by Gasteiger charge is -2.28. The van der Waals surface area contributed by atoms with Crippen molar-refractivity contribution in [3.63, 3.8) is 0 Å². The standard InChI is InChI=1S/C33H38N2.CH4/c1-24(10-11-25-6-5-7-28(19-25)23-34)18-26-12-14-27(15-13-26)20-32-21-31-17-16-30(22-33(31)35-32)29-8-3-2-4-9-29;/h2-4,8-9,12-17,22,25,28H,1,5-7,10-11,18-21,23,34H2;1H4. The molecule has 2 unspecified atom stereocenters. The smallest absolute Gasteiger partial charge is 0.0671 e. The van der Waals surface area contributed by atoms with Crippen LogP contribution in [0.1, 0.15) is 62.6 Å². The van der Waals surface area contributed by atoms with Crippen molar-refractivity contribution in [1.82, 2.24) is 0 Å². The molecule has 2 heteroatoms. The first-order chi connectivity index (χ1) is 17.2. The summed E-state index contributed by atoms with van der Waals surface area (Å²) in [5.74, 6) is 1.59. The third-order valence-corrected chi connectivity index (χ3v) is 7.88. The van der Waals surface area contributed by atoms with Crippen molar-refractivity contribution in [2.75, 3.05) is 6.54 Å². The first-order valence-electron chi connectivity index (χ1n) is 13.4. The normalized spacial score (nSPS) is 18.8. The van der Waals surface area contributed by atoms with Crippen LogP contribution in [-0.4, -0.2) is 12.3 Å². The van der Waals surface area contributed by atoms with E-state index >= 15 is 0 Å². The number of hydrogen-bond donors (Lipinski definition) is 1. The molecule has 3 aromatic rings. The van der Waals surface area contributed by atoms with Crippen LogP contribution in [0.3, 0.4) is 0 Å². The summed E-state index contributed by atoms with van der Waals surface area (Å²) in [6, 6.07) is 26.4. The van der Waals surface area contributed by atoms with E-state index in [4.69, 9.17) is 10.7 Å². The Balaban J connectivity index is 0.00000304. The summed E-state index contributed by atoms with van der Waals surface area (Å²) >= 11 is 0. The molecular formula is C34H42N2. The van der Waals surface area contributed by atoms with E-state index in [-0.39, 0.29) is 7.43 Å². The molecule has 1 saturated carbocycles. The van der Waals surface area contributed by atoms with Gasteiger partial charge in [-0.3, -0.25) is 4.99 Å². The molecule has 0 spiro atoms. The van der Waals surface area contributed by atoms with Crippen molar-refractivity contribution in [3.8, 4) is 11.1 Å². The molecule has 1 heterocycles. The minimum absolute atomic E-state index is 0. The van der Waals surface area contributed by atoms with Gasteiger partial charge in [-0.05, 0) is 84.4 Å². The molecular weight excluding hydrogens is 436 g/mol. The summed E-state index contributed by atoms with van der Waals surface area (Å²) < 4.78 is 0. The zero-order valence-corrected chi connectivity index (χ0v) is 20.9. The van der Waals surface area contributed by atoms with E-state index in [0.717, 1.165) is 49.8 Å². The lowest BCUT2D eigenvalue weighted by Crippen LogP contribution is -2.22. The average molecular weight is 479 g/mol. The van der Waals surface area contributed by atoms with Gasteiger partial charge in [0.2, 0.25) is 0 Å². The second-order valence-corrected chi connectivity index (χ2v) is 10.7. The third kappa shape index (κ3) is 6.62. The van der Waals surface area contributed by atoms with Crippen LogP contribution in [0.4, 0.5) is 5.69 Å². The Labute approximate surface area is 218 Å². The fourth-order valence-corrected chi connectivity index (χ4v) is 5.83. The summed E-state index contributed by atoms with van der Waals surface area (Å²) in [4.78, 5) is 4.98. The van der Waals surface area contributed by atoms with E-state index in [1.165, 1.54) is 71.2 Å². The average Bonchev–Trinajstić information content (AvgIpc) is 3.31. The Morgan fingerprint density at radius 1 is 0.889 bits per heavy atom. The highest BCUT2D eigenvalue weighted by atomic mass is 14.8. The molecule has 1 fully saturated rings. The van der Waals surface area contributed by atoms with Gasteiger partial charge in [-0.25, -0.2) is 0 Å². The highest BCUT2D eigenvalue weighted by Crippen LogP contribution is 2.34. The van der Waals surface area contributed by atoms with Gasteiger partial charge in [-0.15, -0.1) is 0 Å². The van der Waals surface area contributed by atoms with E-state index in [2.05, 4.69) is 79.4 Å². The summed E-state index contributed by atoms with van der Waals surface area (Å²) in [6.07, 6.45) is 10.7. The maximum atomic E-state index is 5.91. The van der Waals surface area contributed by atoms with Crippen molar-refractivity contribution in [2.45, 2.75) is 65.2 Å². The number of benzene rings is 3. The number of nitrogens with two attached hydrogens (primary N) is 1. The number of hydrogen-bond acceptors (Lipinski definition) is 2. The van der Waals surface area contributed by atoms with Crippen molar-refractivity contribution < 1.29 is 0 Å². The van der Waals surface area contributed by atoms with Gasteiger partial charge < -0.3 is 5.73 Å². The van der Waals surface area contributed by atoms with Crippen LogP contribution >= 0.6 is 0 Å². The monoisotopic (exact) mass is 478 g/mol. The number of fused-ring (bicyclic) bond motifs is 1. The molecule has 188 valence electrons. The predicted molar refractivity (Wildman–Crippen MR) is 156 cm³/mol. The van der Waals surface area contributed by atoms with Crippen LogP contribution in [0.2, 0.25) is 0 Å². The molecule has 1 aliphatic carbocycles. The van der Waals surface area contributed by atoms with Gasteiger partial charge in [0, 0.05) is 18.6 Å². The zero-order valence-electron chi connectivity index (χ0n) is 20.9. The van der Waals surface area contributed by atoms with Gasteiger partial charge in [-0.2, -0.15) is 0 Å². The molecule has 2 nitrogen and oxygen atoms in total. The Bertz CT molecular complexity index is 1170. The first-order valence-corrected chi connectivity index (χ1v) is 13.4. The van der Waals surface area contributed by atoms with Gasteiger partial charge >= 0.3 is 0 Å². The Morgan fingerprint density at radius 3 is 2.42 bits per heavy atom. The Hall–Kier alpha value is -2.97. The molecule has 0 bridgehead atoms. The van der Waals surface area contributed by atoms with Crippen molar-refractivity contribution >= 4 is 11.4 Å². The van der Waals surface area contributed by atoms with Crippen LogP contribution in [0, 0.1) is 11.8 Å². The second-order valence-electron chi connectivity index (χ2n) is 10.7. The van der Waals surface area contributed by atoms with E-state index in [1.54, 1.807) is 0 Å². The van der Waals surface area contributed by atoms with Gasteiger partial charge in [0.15, 0.2) is 0 Å². The van der Waals surface area contributed by atoms with Crippen molar-refractivity contribution in [3.05, 3.63) is 102 Å². The molecule has 0 amide bonds. The highest BCUT2D eigenvalue weighted by Gasteiger charge is 2.21. The van der Waals surface area contributed by atoms with Crippen LogP contribution in [0.15, 0.2) is 89.9 Å². The molecule has 36 heavy (non-hydrogen) atoms. The molecule has 0 radical (unpaired) electrons. The molecule has 0 aromatic heterocycles. The molecule has 2 aliphatic rings. The van der Waals surface area contributed by atoms with E-state index in [9.17, 15) is 0 Å². The maximum absolute atomic E-state index is 5.91. The molecule has 1 aliphatic heterocycles. The van der Waals surface area contributed by atoms with Gasteiger partial charge in [0.25, 0.3) is 0 Å². The van der Waals surface area contributed by atoms with Crippen molar-refractivity contribution in [1.29, 1.82) is 0 Å². The number of allylic oxidation sites excluding steroid dienone is 1. The lowest BCUT2D eigenvalue weighted by molar-refractivity contribution is 0.259. The van der Waals surface area contributed by atoms with Gasteiger partial charge in [-0.1, -0.05) is 99.2 Å². The lowest BCUT2D eigenvalue weighted by atomic mass is 9.79. The SMILES string of the molecule is C.C=C(CCC1CCCC(CN)C1)Cc1ccc(CC2=Nc3cc(-c4ccccc4)ccc3C2)cc1. The summed E-state index contributed by atoms with van der Waals surface area (Å²) in [7, 11) is 0. The highest BCUT2D eigenvalue weighted by molar-refractivity contribution is 5.96. The maximum Gasteiger partial charge on any atom is 0.0671 e. The fraction of sp³-hybridized carbons (Fsp3) is 0.382. The number of aliphatic imine (C=N–C) groups is 1. The summed E-state index contributed by atoms with van der Waals surface area (Å²) in [6.45, 7) is 5.25. The largest absolute Gasteiger partial charge is 0.330 e. The summed E-state index contributed by atoms with van der Waals surface area (Å²) in [5.41, 5.74) is 16.2. The first kappa shape index (κ1) is 26.1. The zero-order chi connectivity index (χ0) is 24.0. The van der Waals surface area contributed by atoms with Crippen LogP contribution in [0.5, 0.6) is 0 Å². The second kappa shape index (κ2) is 12.3. The Morgan fingerprint density at radius 2 is 1.64 bits per heavy atom. The van der Waals surface area contributed by atoms with E-state index in [0.29, 0.717) is 0 Å². The van der Waals surface area contributed by atoms with Crippen LogP contribution in [-0.2, 0) is 19.3 Å². The van der Waals surface area contributed by atoms with Gasteiger partial charge in [0.1, 0.15) is 0 Å². The molecule has 3 aromatic carbocycles. The summed E-state index contributed by atoms with van der Waals surface area (Å²) in [5, 5.41) is 0. The quantitative estimate of drug-likeness (QED) is 0.308. The fourth-order valence-electron chi connectivity index (χ4n) is 5.83. The minimum atomic E-state index is 0. The minimum Gasteiger partial charge on any atom is -0.330 e. The molecule has 0 saturated heterocycles. The number of nitrogens with zero attached hydrogens (tertiary/aromatic N) is 1. The van der Waals surface area contributed by atoms with Gasteiger partial charge in [0.05, 0.1) is 5.69 Å². The van der Waals surface area contributed by atoms with Crippen LogP contribution < -0.4 is 5.73 Å². The molecule has 2 N–H and O–H groups in total.